The van der Waals surface area contributed by atoms with E-state index in [1.807, 2.05) is 51.1 Å². The minimum Gasteiger partial charge on any atom is -0.494 e. The molecule has 124 valence electrons. The molecule has 0 aliphatic heterocycles. The van der Waals surface area contributed by atoms with Crippen LogP contribution in [0.5, 0.6) is 5.75 Å². The van der Waals surface area contributed by atoms with Gasteiger partial charge in [0, 0.05) is 18.7 Å². The number of carbonyl (C=O) groups is 1. The third-order valence-corrected chi connectivity index (χ3v) is 3.48. The number of rotatable bonds is 7. The van der Waals surface area contributed by atoms with Crippen LogP contribution >= 0.6 is 0 Å². The van der Waals surface area contributed by atoms with Crippen molar-refractivity contribution < 1.29 is 13.9 Å². The molecule has 2 aromatic rings. The Labute approximate surface area is 137 Å². The zero-order valence-electron chi connectivity index (χ0n) is 13.9. The van der Waals surface area contributed by atoms with E-state index >= 15 is 0 Å². The van der Waals surface area contributed by atoms with Crippen LogP contribution in [0.25, 0.3) is 0 Å². The maximum Gasteiger partial charge on any atom is 0.315 e. The van der Waals surface area contributed by atoms with Gasteiger partial charge in [0.1, 0.15) is 17.3 Å². The number of amides is 2. The van der Waals surface area contributed by atoms with Gasteiger partial charge in [-0.2, -0.15) is 0 Å². The van der Waals surface area contributed by atoms with E-state index in [4.69, 9.17) is 9.15 Å². The van der Waals surface area contributed by atoms with Crippen LogP contribution < -0.4 is 15.4 Å². The van der Waals surface area contributed by atoms with Crippen molar-refractivity contribution in [1.82, 2.24) is 10.6 Å². The molecule has 5 heteroatoms. The van der Waals surface area contributed by atoms with Gasteiger partial charge < -0.3 is 19.8 Å². The van der Waals surface area contributed by atoms with Crippen LogP contribution in [-0.2, 0) is 6.54 Å². The Hall–Kier alpha value is -2.43. The third kappa shape index (κ3) is 5.70. The predicted octanol–water partition coefficient (Wildman–Crippen LogP) is 3.47. The molecule has 2 N–H and O–H groups in total. The van der Waals surface area contributed by atoms with E-state index in [0.717, 1.165) is 29.3 Å². The number of furan rings is 1. The summed E-state index contributed by atoms with van der Waals surface area (Å²) >= 11 is 0. The van der Waals surface area contributed by atoms with Crippen molar-refractivity contribution in [2.24, 2.45) is 0 Å². The first-order chi connectivity index (χ1) is 11.0. The normalized spacial score (nSPS) is 10.4. The summed E-state index contributed by atoms with van der Waals surface area (Å²) in [5.41, 5.74) is 2.21. The standard InChI is InChI=1S/C18H24N2O3/c1-13-5-7-17(8-6-13)22-10-4-9-19-18(21)20-12-16-11-14(2)23-15(16)3/h5-8,11H,4,9-10,12H2,1-3H3,(H2,19,20,21). The molecule has 0 unspecified atom stereocenters. The summed E-state index contributed by atoms with van der Waals surface area (Å²) in [6.45, 7) is 7.44. The van der Waals surface area contributed by atoms with Gasteiger partial charge >= 0.3 is 6.03 Å². The second-order valence-corrected chi connectivity index (χ2v) is 5.56. The molecule has 0 fully saturated rings. The summed E-state index contributed by atoms with van der Waals surface area (Å²) in [6.07, 6.45) is 0.755. The van der Waals surface area contributed by atoms with E-state index in [9.17, 15) is 4.79 Å². The van der Waals surface area contributed by atoms with Crippen molar-refractivity contribution in [3.63, 3.8) is 0 Å². The monoisotopic (exact) mass is 316 g/mol. The molecule has 0 aliphatic carbocycles. The summed E-state index contributed by atoms with van der Waals surface area (Å²) in [5, 5.41) is 5.63. The van der Waals surface area contributed by atoms with Gasteiger partial charge in [0.05, 0.1) is 6.61 Å². The Kier molecular flexibility index (Phi) is 6.09. The molecule has 0 spiro atoms. The lowest BCUT2D eigenvalue weighted by Crippen LogP contribution is -2.36. The molecule has 0 atom stereocenters. The maximum absolute atomic E-state index is 11.7. The molecule has 0 aliphatic rings. The number of urea groups is 1. The van der Waals surface area contributed by atoms with Crippen molar-refractivity contribution in [1.29, 1.82) is 0 Å². The van der Waals surface area contributed by atoms with Gasteiger partial charge in [-0.15, -0.1) is 0 Å². The van der Waals surface area contributed by atoms with Crippen LogP contribution in [0.3, 0.4) is 0 Å². The Morgan fingerprint density at radius 2 is 1.87 bits per heavy atom. The van der Waals surface area contributed by atoms with E-state index in [0.29, 0.717) is 19.7 Å². The lowest BCUT2D eigenvalue weighted by atomic mass is 10.2. The second kappa shape index (κ2) is 8.27. The number of carbonyl (C=O) groups excluding carboxylic acids is 1. The first-order valence-electron chi connectivity index (χ1n) is 7.81. The van der Waals surface area contributed by atoms with Crippen molar-refractivity contribution in [3.8, 4) is 5.75 Å². The number of hydrogen-bond donors (Lipinski definition) is 2. The number of benzene rings is 1. The van der Waals surface area contributed by atoms with Gasteiger partial charge in [0.15, 0.2) is 0 Å². The summed E-state index contributed by atoms with van der Waals surface area (Å²) < 4.78 is 11.0. The highest BCUT2D eigenvalue weighted by Crippen LogP contribution is 2.13. The Morgan fingerprint density at radius 1 is 1.13 bits per heavy atom. The minimum atomic E-state index is -0.182. The van der Waals surface area contributed by atoms with Crippen LogP contribution in [0.15, 0.2) is 34.7 Å². The van der Waals surface area contributed by atoms with Crippen molar-refractivity contribution in [2.75, 3.05) is 13.2 Å². The Balaban J connectivity index is 1.58. The second-order valence-electron chi connectivity index (χ2n) is 5.56. The molecule has 2 amide bonds. The fourth-order valence-electron chi connectivity index (χ4n) is 2.20. The quantitative estimate of drug-likeness (QED) is 0.769. The molecule has 0 saturated carbocycles. The summed E-state index contributed by atoms with van der Waals surface area (Å²) in [4.78, 5) is 11.7. The van der Waals surface area contributed by atoms with Crippen LogP contribution in [0.2, 0.25) is 0 Å². The maximum atomic E-state index is 11.7. The lowest BCUT2D eigenvalue weighted by molar-refractivity contribution is 0.238. The molecule has 23 heavy (non-hydrogen) atoms. The van der Waals surface area contributed by atoms with E-state index < -0.39 is 0 Å². The zero-order valence-corrected chi connectivity index (χ0v) is 13.9. The number of hydrogen-bond acceptors (Lipinski definition) is 3. The molecule has 1 aromatic heterocycles. The molecular formula is C18H24N2O3. The van der Waals surface area contributed by atoms with Gasteiger partial charge in [-0.05, 0) is 45.4 Å². The molecule has 1 heterocycles. The fourth-order valence-corrected chi connectivity index (χ4v) is 2.20. The zero-order chi connectivity index (χ0) is 16.7. The number of ether oxygens (including phenoxy) is 1. The highest BCUT2D eigenvalue weighted by Gasteiger charge is 2.06. The van der Waals surface area contributed by atoms with Gasteiger partial charge in [-0.25, -0.2) is 4.79 Å². The highest BCUT2D eigenvalue weighted by molar-refractivity contribution is 5.73. The van der Waals surface area contributed by atoms with Crippen molar-refractivity contribution in [2.45, 2.75) is 33.7 Å². The SMILES string of the molecule is Cc1ccc(OCCCNC(=O)NCc2cc(C)oc2C)cc1. The van der Waals surface area contributed by atoms with E-state index in [2.05, 4.69) is 10.6 Å². The average molecular weight is 316 g/mol. The van der Waals surface area contributed by atoms with Crippen molar-refractivity contribution >= 4 is 6.03 Å². The Morgan fingerprint density at radius 3 is 2.52 bits per heavy atom. The number of nitrogens with one attached hydrogen (secondary N) is 2. The summed E-state index contributed by atoms with van der Waals surface area (Å²) in [5.74, 6) is 2.55. The fraction of sp³-hybridized carbons (Fsp3) is 0.389. The van der Waals surface area contributed by atoms with E-state index in [1.165, 1.54) is 5.56 Å². The molecule has 0 saturated heterocycles. The highest BCUT2D eigenvalue weighted by atomic mass is 16.5. The lowest BCUT2D eigenvalue weighted by Gasteiger charge is -2.08. The topological polar surface area (TPSA) is 63.5 Å². The molecular weight excluding hydrogens is 292 g/mol. The first-order valence-corrected chi connectivity index (χ1v) is 7.81. The smallest absolute Gasteiger partial charge is 0.315 e. The van der Waals surface area contributed by atoms with Crippen LogP contribution in [0, 0.1) is 20.8 Å². The summed E-state index contributed by atoms with van der Waals surface area (Å²) in [6, 6.07) is 9.68. The van der Waals surface area contributed by atoms with Gasteiger partial charge in [0.2, 0.25) is 0 Å². The average Bonchev–Trinajstić information content (AvgIpc) is 2.84. The molecule has 0 radical (unpaired) electrons. The number of aryl methyl sites for hydroxylation is 3. The van der Waals surface area contributed by atoms with Gasteiger partial charge in [0.25, 0.3) is 0 Å². The largest absolute Gasteiger partial charge is 0.494 e. The van der Waals surface area contributed by atoms with E-state index in [-0.39, 0.29) is 6.03 Å². The molecule has 2 rings (SSSR count). The van der Waals surface area contributed by atoms with E-state index in [1.54, 1.807) is 0 Å². The molecule has 0 bridgehead atoms. The van der Waals surface area contributed by atoms with Gasteiger partial charge in [-0.1, -0.05) is 17.7 Å². The third-order valence-electron chi connectivity index (χ3n) is 3.48. The molecule has 5 nitrogen and oxygen atoms in total. The Bertz CT molecular complexity index is 632. The van der Waals surface area contributed by atoms with Crippen LogP contribution in [0.1, 0.15) is 29.1 Å². The minimum absolute atomic E-state index is 0.182. The van der Waals surface area contributed by atoms with Crippen LogP contribution in [-0.4, -0.2) is 19.2 Å². The summed E-state index contributed by atoms with van der Waals surface area (Å²) in [7, 11) is 0. The van der Waals surface area contributed by atoms with Gasteiger partial charge in [-0.3, -0.25) is 0 Å². The first kappa shape index (κ1) is 16.9. The molecule has 1 aromatic carbocycles. The predicted molar refractivity (Wildman–Crippen MR) is 89.7 cm³/mol. The van der Waals surface area contributed by atoms with Crippen molar-refractivity contribution in [3.05, 3.63) is 53.0 Å². The van der Waals surface area contributed by atoms with Crippen LogP contribution in [0.4, 0.5) is 4.79 Å².